The molecular weight excluding hydrogens is 254 g/mol. The molecule has 0 radical (unpaired) electrons. The third-order valence-corrected chi connectivity index (χ3v) is 3.87. The van der Waals surface area contributed by atoms with Gasteiger partial charge in [-0.1, -0.05) is 0 Å². The highest BCUT2D eigenvalue weighted by atomic mass is 16.2. The van der Waals surface area contributed by atoms with Crippen LogP contribution in [0.25, 0.3) is 0 Å². The van der Waals surface area contributed by atoms with Gasteiger partial charge < -0.3 is 15.2 Å². The fourth-order valence-electron chi connectivity index (χ4n) is 2.66. The van der Waals surface area contributed by atoms with Crippen molar-refractivity contribution in [3.8, 4) is 0 Å². The van der Waals surface area contributed by atoms with Gasteiger partial charge in [0.2, 0.25) is 5.91 Å². The maximum atomic E-state index is 12.3. The molecule has 0 spiro atoms. The van der Waals surface area contributed by atoms with E-state index >= 15 is 0 Å². The first-order chi connectivity index (χ1) is 9.37. The van der Waals surface area contributed by atoms with Crippen LogP contribution in [0.2, 0.25) is 0 Å². The van der Waals surface area contributed by atoms with Gasteiger partial charge in [-0.2, -0.15) is 0 Å². The maximum absolute atomic E-state index is 12.3. The number of rotatable bonds is 4. The monoisotopic (exact) mass is 279 g/mol. The number of nitrogens with zero attached hydrogens (tertiary/aromatic N) is 4. The molecule has 1 aromatic rings. The second-order valence-electron chi connectivity index (χ2n) is 6.47. The zero-order valence-corrected chi connectivity index (χ0v) is 12.7. The summed E-state index contributed by atoms with van der Waals surface area (Å²) >= 11 is 0. The van der Waals surface area contributed by atoms with Crippen molar-refractivity contribution in [1.29, 1.82) is 0 Å². The normalized spacial score (nSPS) is 20.2. The fourth-order valence-corrected chi connectivity index (χ4v) is 2.66. The SMILES string of the molecule is Cn1cnnc1C1CCCN(C(=O)CCC(C)(C)N)C1. The molecule has 6 heteroatoms. The van der Waals surface area contributed by atoms with Crippen molar-refractivity contribution in [3.63, 3.8) is 0 Å². The lowest BCUT2D eigenvalue weighted by molar-refractivity contribution is -0.132. The van der Waals surface area contributed by atoms with Crippen LogP contribution in [0, 0.1) is 0 Å². The number of carbonyl (C=O) groups is 1. The molecule has 1 aliphatic rings. The second-order valence-corrected chi connectivity index (χ2v) is 6.47. The highest BCUT2D eigenvalue weighted by Crippen LogP contribution is 2.25. The zero-order valence-electron chi connectivity index (χ0n) is 12.7. The molecular formula is C14H25N5O. The molecule has 1 aliphatic heterocycles. The van der Waals surface area contributed by atoms with Crippen molar-refractivity contribution >= 4 is 5.91 Å². The molecule has 1 unspecified atom stereocenters. The van der Waals surface area contributed by atoms with Gasteiger partial charge in [-0.05, 0) is 33.1 Å². The van der Waals surface area contributed by atoms with E-state index in [4.69, 9.17) is 5.73 Å². The van der Waals surface area contributed by atoms with Crippen molar-refractivity contribution in [1.82, 2.24) is 19.7 Å². The molecule has 2 heterocycles. The van der Waals surface area contributed by atoms with E-state index < -0.39 is 0 Å². The average molecular weight is 279 g/mol. The van der Waals surface area contributed by atoms with Crippen LogP contribution in [0.15, 0.2) is 6.33 Å². The van der Waals surface area contributed by atoms with Gasteiger partial charge in [0.1, 0.15) is 12.2 Å². The summed E-state index contributed by atoms with van der Waals surface area (Å²) in [6.07, 6.45) is 5.05. The first-order valence-corrected chi connectivity index (χ1v) is 7.27. The number of carbonyl (C=O) groups excluding carboxylic acids is 1. The summed E-state index contributed by atoms with van der Waals surface area (Å²) in [5.41, 5.74) is 5.66. The van der Waals surface area contributed by atoms with Crippen LogP contribution in [0.4, 0.5) is 0 Å². The van der Waals surface area contributed by atoms with E-state index in [1.807, 2.05) is 30.4 Å². The highest BCUT2D eigenvalue weighted by molar-refractivity contribution is 5.76. The lowest BCUT2D eigenvalue weighted by atomic mass is 9.95. The van der Waals surface area contributed by atoms with Crippen molar-refractivity contribution in [2.75, 3.05) is 13.1 Å². The summed E-state index contributed by atoms with van der Waals surface area (Å²) in [5, 5.41) is 8.10. The highest BCUT2D eigenvalue weighted by Gasteiger charge is 2.27. The molecule has 0 bridgehead atoms. The molecule has 0 aromatic carbocycles. The van der Waals surface area contributed by atoms with Crippen LogP contribution in [0.3, 0.4) is 0 Å². The zero-order chi connectivity index (χ0) is 14.8. The van der Waals surface area contributed by atoms with Gasteiger partial charge in [0.15, 0.2) is 0 Å². The number of likely N-dealkylation sites (tertiary alicyclic amines) is 1. The Kier molecular flexibility index (Phi) is 4.42. The summed E-state index contributed by atoms with van der Waals surface area (Å²) in [5.74, 6) is 1.48. The fraction of sp³-hybridized carbons (Fsp3) is 0.786. The Labute approximate surface area is 120 Å². The molecule has 1 aromatic heterocycles. The van der Waals surface area contributed by atoms with Gasteiger partial charge in [0, 0.05) is 38.0 Å². The van der Waals surface area contributed by atoms with Crippen LogP contribution >= 0.6 is 0 Å². The second kappa shape index (κ2) is 5.91. The van der Waals surface area contributed by atoms with E-state index in [-0.39, 0.29) is 11.4 Å². The molecule has 112 valence electrons. The summed E-state index contributed by atoms with van der Waals surface area (Å²) < 4.78 is 1.95. The number of nitrogens with two attached hydrogens (primary N) is 1. The Morgan fingerprint density at radius 3 is 2.90 bits per heavy atom. The number of aryl methyl sites for hydroxylation is 1. The Morgan fingerprint density at radius 2 is 2.30 bits per heavy atom. The molecule has 0 aliphatic carbocycles. The molecule has 2 N–H and O–H groups in total. The predicted octanol–water partition coefficient (Wildman–Crippen LogP) is 1.04. The first-order valence-electron chi connectivity index (χ1n) is 7.27. The van der Waals surface area contributed by atoms with Crippen molar-refractivity contribution < 1.29 is 4.79 Å². The van der Waals surface area contributed by atoms with E-state index in [1.165, 1.54) is 0 Å². The topological polar surface area (TPSA) is 77.0 Å². The standard InChI is InChI=1S/C14H25N5O/c1-14(2,15)7-6-12(20)19-8-4-5-11(9-19)13-17-16-10-18(13)3/h10-11H,4-9,15H2,1-3H3. The Balaban J connectivity index is 1.93. The minimum Gasteiger partial charge on any atom is -0.342 e. The third kappa shape index (κ3) is 3.79. The summed E-state index contributed by atoms with van der Waals surface area (Å²) in [7, 11) is 1.95. The van der Waals surface area contributed by atoms with E-state index in [0.717, 1.165) is 38.2 Å². The van der Waals surface area contributed by atoms with Crippen LogP contribution in [0.5, 0.6) is 0 Å². The molecule has 6 nitrogen and oxygen atoms in total. The van der Waals surface area contributed by atoms with Crippen molar-refractivity contribution in [3.05, 3.63) is 12.2 Å². The lowest BCUT2D eigenvalue weighted by Crippen LogP contribution is -2.41. The quantitative estimate of drug-likeness (QED) is 0.893. The molecule has 2 rings (SSSR count). The van der Waals surface area contributed by atoms with Crippen LogP contribution in [-0.2, 0) is 11.8 Å². The lowest BCUT2D eigenvalue weighted by Gasteiger charge is -2.33. The largest absolute Gasteiger partial charge is 0.342 e. The molecule has 0 saturated carbocycles. The third-order valence-electron chi connectivity index (χ3n) is 3.87. The van der Waals surface area contributed by atoms with E-state index in [9.17, 15) is 4.79 Å². The van der Waals surface area contributed by atoms with Gasteiger partial charge in [-0.15, -0.1) is 10.2 Å². The number of hydrogen-bond acceptors (Lipinski definition) is 4. The van der Waals surface area contributed by atoms with Gasteiger partial charge in [0.05, 0.1) is 0 Å². The van der Waals surface area contributed by atoms with Gasteiger partial charge in [-0.3, -0.25) is 4.79 Å². The van der Waals surface area contributed by atoms with Crippen molar-refractivity contribution in [2.24, 2.45) is 12.8 Å². The molecule has 1 fully saturated rings. The Bertz CT molecular complexity index is 462. The summed E-state index contributed by atoms with van der Waals surface area (Å²) in [6, 6.07) is 0. The van der Waals surface area contributed by atoms with Crippen LogP contribution in [0.1, 0.15) is 51.3 Å². The Morgan fingerprint density at radius 1 is 1.55 bits per heavy atom. The van der Waals surface area contributed by atoms with Crippen molar-refractivity contribution in [2.45, 2.75) is 51.0 Å². The van der Waals surface area contributed by atoms with E-state index in [2.05, 4.69) is 10.2 Å². The van der Waals surface area contributed by atoms with Gasteiger partial charge >= 0.3 is 0 Å². The number of amides is 1. The smallest absolute Gasteiger partial charge is 0.222 e. The predicted molar refractivity (Wildman–Crippen MR) is 77.1 cm³/mol. The molecule has 1 saturated heterocycles. The minimum atomic E-state index is -0.283. The summed E-state index contributed by atoms with van der Waals surface area (Å²) in [4.78, 5) is 14.2. The molecule has 20 heavy (non-hydrogen) atoms. The van der Waals surface area contributed by atoms with E-state index in [1.54, 1.807) is 6.33 Å². The van der Waals surface area contributed by atoms with E-state index in [0.29, 0.717) is 12.3 Å². The average Bonchev–Trinajstić information content (AvgIpc) is 2.81. The first kappa shape index (κ1) is 15.0. The molecule has 1 atom stereocenters. The number of aromatic nitrogens is 3. The molecule has 1 amide bonds. The Hall–Kier alpha value is -1.43. The van der Waals surface area contributed by atoms with Gasteiger partial charge in [-0.25, -0.2) is 0 Å². The summed E-state index contributed by atoms with van der Waals surface area (Å²) in [6.45, 7) is 5.51. The number of hydrogen-bond donors (Lipinski definition) is 1. The van der Waals surface area contributed by atoms with Gasteiger partial charge in [0.25, 0.3) is 0 Å². The maximum Gasteiger partial charge on any atom is 0.222 e. The van der Waals surface area contributed by atoms with Crippen LogP contribution < -0.4 is 5.73 Å². The number of piperidine rings is 1. The van der Waals surface area contributed by atoms with Crippen LogP contribution in [-0.4, -0.2) is 44.2 Å². The minimum absolute atomic E-state index is 0.204.